The van der Waals surface area contributed by atoms with Gasteiger partial charge >= 0.3 is 12.0 Å². The number of hydrogen-bond donors (Lipinski definition) is 4. The van der Waals surface area contributed by atoms with Gasteiger partial charge in [-0.05, 0) is 19.8 Å². The average Bonchev–Trinajstić information content (AvgIpc) is 2.38. The van der Waals surface area contributed by atoms with E-state index < -0.39 is 29.9 Å². The van der Waals surface area contributed by atoms with Crippen LogP contribution in [-0.2, 0) is 9.59 Å². The molecule has 3 atom stereocenters. The molecule has 0 aromatic heterocycles. The number of aliphatic hydroxyl groups excluding tert-OH is 1. The fourth-order valence-electron chi connectivity index (χ4n) is 2.24. The number of aliphatic carboxylic acids is 1. The van der Waals surface area contributed by atoms with Crippen molar-refractivity contribution in [3.63, 3.8) is 0 Å². The van der Waals surface area contributed by atoms with Crippen molar-refractivity contribution in [1.82, 2.24) is 10.2 Å². The number of carboxylic acid groups (broad SMARTS) is 1. The highest BCUT2D eigenvalue weighted by Gasteiger charge is 2.33. The standard InChI is InChI=1S/C12H21N3O5/c1-7-2-3-8(10(13)17)6-15(7)12(20)14-9(4-5-16)11(18)19/h7-9,16H,2-6H2,1H3,(H2,13,17)(H,14,20)(H,18,19)/t7?,8?,9-/m0/s1. The van der Waals surface area contributed by atoms with Crippen molar-refractivity contribution >= 4 is 17.9 Å². The van der Waals surface area contributed by atoms with E-state index in [1.807, 2.05) is 6.92 Å². The van der Waals surface area contributed by atoms with Gasteiger partial charge in [0, 0.05) is 25.6 Å². The summed E-state index contributed by atoms with van der Waals surface area (Å²) in [7, 11) is 0. The van der Waals surface area contributed by atoms with Gasteiger partial charge in [0.05, 0.1) is 5.92 Å². The lowest BCUT2D eigenvalue weighted by atomic mass is 9.93. The molecule has 0 aromatic rings. The number of amides is 3. The van der Waals surface area contributed by atoms with E-state index in [1.165, 1.54) is 4.90 Å². The fraction of sp³-hybridized carbons (Fsp3) is 0.750. The quantitative estimate of drug-likeness (QED) is 0.521. The molecule has 1 aliphatic heterocycles. The van der Waals surface area contributed by atoms with Gasteiger partial charge in [-0.15, -0.1) is 0 Å². The number of primary amides is 1. The Bertz CT molecular complexity index is 387. The molecule has 1 aliphatic rings. The van der Waals surface area contributed by atoms with Crippen molar-refractivity contribution in [3.8, 4) is 0 Å². The minimum atomic E-state index is -1.21. The Labute approximate surface area is 116 Å². The SMILES string of the molecule is CC1CCC(C(N)=O)CN1C(=O)N[C@@H](CCO)C(=O)O. The second-order valence-electron chi connectivity index (χ2n) is 5.03. The average molecular weight is 287 g/mol. The first-order valence-corrected chi connectivity index (χ1v) is 6.57. The van der Waals surface area contributed by atoms with Gasteiger partial charge in [0.2, 0.25) is 5.91 Å². The first-order chi connectivity index (χ1) is 9.36. The number of hydrogen-bond acceptors (Lipinski definition) is 4. The number of aliphatic hydroxyl groups is 1. The Balaban J connectivity index is 2.68. The molecule has 2 unspecified atom stereocenters. The van der Waals surface area contributed by atoms with Crippen molar-refractivity contribution in [2.45, 2.75) is 38.3 Å². The molecule has 1 heterocycles. The Kier molecular flexibility index (Phi) is 5.75. The van der Waals surface area contributed by atoms with Gasteiger partial charge in [-0.1, -0.05) is 0 Å². The van der Waals surface area contributed by atoms with Crippen LogP contribution in [0.4, 0.5) is 4.79 Å². The zero-order chi connectivity index (χ0) is 15.3. The fourth-order valence-corrected chi connectivity index (χ4v) is 2.24. The van der Waals surface area contributed by atoms with E-state index in [1.54, 1.807) is 0 Å². The van der Waals surface area contributed by atoms with Crippen molar-refractivity contribution in [2.24, 2.45) is 11.7 Å². The summed E-state index contributed by atoms with van der Waals surface area (Å²) in [5.74, 6) is -2.07. The first kappa shape index (κ1) is 16.2. The first-order valence-electron chi connectivity index (χ1n) is 6.57. The van der Waals surface area contributed by atoms with Gasteiger partial charge in [0.1, 0.15) is 6.04 Å². The van der Waals surface area contributed by atoms with E-state index in [4.69, 9.17) is 15.9 Å². The third-order valence-corrected chi connectivity index (χ3v) is 3.56. The molecule has 1 fully saturated rings. The number of nitrogens with two attached hydrogens (primary N) is 1. The summed E-state index contributed by atoms with van der Waals surface area (Å²) in [5.41, 5.74) is 5.25. The summed E-state index contributed by atoms with van der Waals surface area (Å²) < 4.78 is 0. The van der Waals surface area contributed by atoms with Crippen LogP contribution in [0.2, 0.25) is 0 Å². The maximum atomic E-state index is 12.1. The minimum absolute atomic E-state index is 0.0669. The molecule has 0 spiro atoms. The molecule has 0 saturated carbocycles. The number of carbonyl (C=O) groups excluding carboxylic acids is 2. The van der Waals surface area contributed by atoms with Crippen LogP contribution in [0.15, 0.2) is 0 Å². The number of piperidine rings is 1. The van der Waals surface area contributed by atoms with E-state index in [2.05, 4.69) is 5.32 Å². The Morgan fingerprint density at radius 2 is 2.05 bits per heavy atom. The number of likely N-dealkylation sites (tertiary alicyclic amines) is 1. The van der Waals surface area contributed by atoms with Crippen molar-refractivity contribution in [1.29, 1.82) is 0 Å². The van der Waals surface area contributed by atoms with Gasteiger partial charge in [0.15, 0.2) is 0 Å². The summed E-state index contributed by atoms with van der Waals surface area (Å²) in [6.07, 6.45) is 1.20. The molecule has 0 aromatic carbocycles. The summed E-state index contributed by atoms with van der Waals surface area (Å²) in [6.45, 7) is 1.68. The molecule has 8 nitrogen and oxygen atoms in total. The number of carbonyl (C=O) groups is 3. The number of nitrogens with zero attached hydrogens (tertiary/aromatic N) is 1. The highest BCUT2D eigenvalue weighted by molar-refractivity contribution is 5.83. The van der Waals surface area contributed by atoms with Crippen molar-refractivity contribution < 1.29 is 24.6 Å². The number of urea groups is 1. The summed E-state index contributed by atoms with van der Waals surface area (Å²) >= 11 is 0. The molecule has 0 bridgehead atoms. The van der Waals surface area contributed by atoms with E-state index >= 15 is 0 Å². The zero-order valence-corrected chi connectivity index (χ0v) is 11.4. The van der Waals surface area contributed by atoms with Gasteiger partial charge in [-0.25, -0.2) is 9.59 Å². The normalized spacial score (nSPS) is 24.0. The molecule has 8 heteroatoms. The molecule has 114 valence electrons. The topological polar surface area (TPSA) is 133 Å². The van der Waals surface area contributed by atoms with Crippen molar-refractivity contribution in [3.05, 3.63) is 0 Å². The largest absolute Gasteiger partial charge is 0.480 e. The summed E-state index contributed by atoms with van der Waals surface area (Å²) in [4.78, 5) is 35.6. The van der Waals surface area contributed by atoms with Crippen LogP contribution in [-0.4, -0.2) is 58.3 Å². The van der Waals surface area contributed by atoms with Crippen LogP contribution in [0, 0.1) is 5.92 Å². The van der Waals surface area contributed by atoms with Crippen LogP contribution in [0.1, 0.15) is 26.2 Å². The van der Waals surface area contributed by atoms with Gasteiger partial charge in [0.25, 0.3) is 0 Å². The van der Waals surface area contributed by atoms with Gasteiger partial charge < -0.3 is 26.2 Å². The Hall–Kier alpha value is -1.83. The number of rotatable bonds is 5. The van der Waals surface area contributed by atoms with E-state index in [-0.39, 0.29) is 25.6 Å². The maximum Gasteiger partial charge on any atom is 0.326 e. The van der Waals surface area contributed by atoms with Crippen LogP contribution in [0.5, 0.6) is 0 Å². The van der Waals surface area contributed by atoms with Crippen LogP contribution in [0.3, 0.4) is 0 Å². The monoisotopic (exact) mass is 287 g/mol. The third kappa shape index (κ3) is 4.09. The zero-order valence-electron chi connectivity index (χ0n) is 11.4. The molecular weight excluding hydrogens is 266 g/mol. The van der Waals surface area contributed by atoms with E-state index in [0.717, 1.165) is 0 Å². The third-order valence-electron chi connectivity index (χ3n) is 3.56. The highest BCUT2D eigenvalue weighted by Crippen LogP contribution is 2.21. The summed E-state index contributed by atoms with van der Waals surface area (Å²) in [5, 5.41) is 20.1. The number of carboxylic acids is 1. The van der Waals surface area contributed by atoms with E-state index in [9.17, 15) is 14.4 Å². The molecule has 20 heavy (non-hydrogen) atoms. The lowest BCUT2D eigenvalue weighted by Gasteiger charge is -2.37. The molecule has 1 rings (SSSR count). The lowest BCUT2D eigenvalue weighted by molar-refractivity contribution is -0.139. The van der Waals surface area contributed by atoms with Gasteiger partial charge in [-0.3, -0.25) is 4.79 Å². The predicted molar refractivity (Wildman–Crippen MR) is 69.7 cm³/mol. The van der Waals surface area contributed by atoms with E-state index in [0.29, 0.717) is 12.8 Å². The van der Waals surface area contributed by atoms with Crippen molar-refractivity contribution in [2.75, 3.05) is 13.2 Å². The number of nitrogens with one attached hydrogen (secondary N) is 1. The summed E-state index contributed by atoms with van der Waals surface area (Å²) in [6, 6.07) is -1.79. The molecule has 0 aliphatic carbocycles. The molecule has 1 saturated heterocycles. The van der Waals surface area contributed by atoms with Gasteiger partial charge in [-0.2, -0.15) is 0 Å². The van der Waals surface area contributed by atoms with Crippen LogP contribution < -0.4 is 11.1 Å². The van der Waals surface area contributed by atoms with Crippen LogP contribution in [0.25, 0.3) is 0 Å². The molecule has 0 radical (unpaired) electrons. The lowest BCUT2D eigenvalue weighted by Crippen LogP contribution is -2.55. The second kappa shape index (κ2) is 7.09. The smallest absolute Gasteiger partial charge is 0.326 e. The maximum absolute atomic E-state index is 12.1. The highest BCUT2D eigenvalue weighted by atomic mass is 16.4. The molecule has 5 N–H and O–H groups in total. The second-order valence-corrected chi connectivity index (χ2v) is 5.03. The minimum Gasteiger partial charge on any atom is -0.480 e. The van der Waals surface area contributed by atoms with Crippen LogP contribution >= 0.6 is 0 Å². The Morgan fingerprint density at radius 3 is 2.55 bits per heavy atom. The predicted octanol–water partition coefficient (Wildman–Crippen LogP) is -0.883. The molecule has 3 amide bonds. The molecular formula is C12H21N3O5. The Morgan fingerprint density at radius 1 is 1.40 bits per heavy atom.